The van der Waals surface area contributed by atoms with Crippen molar-refractivity contribution in [3.05, 3.63) is 35.4 Å². The molecule has 1 aromatic rings. The molecule has 3 rings (SSSR count). The number of nitrogens with one attached hydrogen (secondary N) is 2. The molecule has 130 valence electrons. The monoisotopic (exact) mass is 329 g/mol. The van der Waals surface area contributed by atoms with E-state index in [1.54, 1.807) is 0 Å². The molecule has 0 atom stereocenters. The topological polar surface area (TPSA) is 61.4 Å². The maximum atomic E-state index is 12.1. The van der Waals surface area contributed by atoms with Gasteiger partial charge < -0.3 is 5.32 Å². The van der Waals surface area contributed by atoms with Crippen LogP contribution in [0.25, 0.3) is 0 Å². The zero-order valence-corrected chi connectivity index (χ0v) is 14.5. The van der Waals surface area contributed by atoms with E-state index < -0.39 is 0 Å². The van der Waals surface area contributed by atoms with E-state index in [-0.39, 0.29) is 24.5 Å². The number of hydrogen-bond acceptors (Lipinski definition) is 3. The Morgan fingerprint density at radius 2 is 1.79 bits per heavy atom. The van der Waals surface area contributed by atoms with E-state index in [0.717, 1.165) is 32.2 Å². The standard InChI is InChI=1S/C19H27N3O2/c1-13(2)15-5-3-14(4-6-15)11-22(17-9-10-17)12-18(23)21-19(24)20-16-7-8-16/h3-6,13,16-17H,7-12H2,1-2H3,(H2,20,21,23,24). The minimum Gasteiger partial charge on any atom is -0.335 e. The summed E-state index contributed by atoms with van der Waals surface area (Å²) in [4.78, 5) is 26.0. The van der Waals surface area contributed by atoms with Crippen LogP contribution in [0.15, 0.2) is 24.3 Å². The predicted molar refractivity (Wildman–Crippen MR) is 93.7 cm³/mol. The fourth-order valence-electron chi connectivity index (χ4n) is 2.80. The van der Waals surface area contributed by atoms with Crippen LogP contribution < -0.4 is 10.6 Å². The molecule has 5 heteroatoms. The van der Waals surface area contributed by atoms with Crippen molar-refractivity contribution in [1.29, 1.82) is 0 Å². The third-order valence-corrected chi connectivity index (χ3v) is 4.61. The summed E-state index contributed by atoms with van der Waals surface area (Å²) >= 11 is 0. The second kappa shape index (κ2) is 7.34. The Morgan fingerprint density at radius 1 is 1.12 bits per heavy atom. The normalized spacial score (nSPS) is 17.2. The molecule has 2 aliphatic carbocycles. The molecule has 5 nitrogen and oxygen atoms in total. The number of hydrogen-bond donors (Lipinski definition) is 2. The van der Waals surface area contributed by atoms with Gasteiger partial charge in [0.05, 0.1) is 6.54 Å². The van der Waals surface area contributed by atoms with Gasteiger partial charge in [0.2, 0.25) is 5.91 Å². The van der Waals surface area contributed by atoms with E-state index in [1.165, 1.54) is 11.1 Å². The van der Waals surface area contributed by atoms with Crippen molar-refractivity contribution >= 4 is 11.9 Å². The summed E-state index contributed by atoms with van der Waals surface area (Å²) in [5, 5.41) is 5.22. The summed E-state index contributed by atoms with van der Waals surface area (Å²) < 4.78 is 0. The number of rotatable bonds is 7. The first-order valence-corrected chi connectivity index (χ1v) is 8.94. The molecule has 24 heavy (non-hydrogen) atoms. The first-order valence-electron chi connectivity index (χ1n) is 8.94. The summed E-state index contributed by atoms with van der Waals surface area (Å²) in [5.41, 5.74) is 2.53. The lowest BCUT2D eigenvalue weighted by atomic mass is 10.0. The quantitative estimate of drug-likeness (QED) is 0.808. The molecule has 3 amide bonds. The highest BCUT2D eigenvalue weighted by Gasteiger charge is 2.31. The van der Waals surface area contributed by atoms with Crippen LogP contribution in [-0.2, 0) is 11.3 Å². The number of carbonyl (C=O) groups excluding carboxylic acids is 2. The predicted octanol–water partition coefficient (Wildman–Crippen LogP) is 2.76. The molecule has 2 aliphatic rings. The van der Waals surface area contributed by atoms with E-state index in [4.69, 9.17) is 0 Å². The SMILES string of the molecule is CC(C)c1ccc(CN(CC(=O)NC(=O)NC2CC2)C2CC2)cc1. The van der Waals surface area contributed by atoms with Crippen molar-refractivity contribution < 1.29 is 9.59 Å². The molecule has 0 heterocycles. The average Bonchev–Trinajstić information content (AvgIpc) is 3.41. The number of urea groups is 1. The molecule has 0 saturated heterocycles. The van der Waals surface area contributed by atoms with Crippen LogP contribution in [0.2, 0.25) is 0 Å². The Hall–Kier alpha value is -1.88. The molecular weight excluding hydrogens is 302 g/mol. The van der Waals surface area contributed by atoms with Gasteiger partial charge in [-0.25, -0.2) is 4.79 Å². The van der Waals surface area contributed by atoms with E-state index in [1.807, 2.05) is 0 Å². The van der Waals surface area contributed by atoms with E-state index in [9.17, 15) is 9.59 Å². The van der Waals surface area contributed by atoms with Gasteiger partial charge in [-0.1, -0.05) is 38.1 Å². The second-order valence-corrected chi connectivity index (χ2v) is 7.33. The summed E-state index contributed by atoms with van der Waals surface area (Å²) in [7, 11) is 0. The van der Waals surface area contributed by atoms with Crippen molar-refractivity contribution in [2.75, 3.05) is 6.54 Å². The molecule has 1 aromatic carbocycles. The minimum absolute atomic E-state index is 0.223. The minimum atomic E-state index is -0.362. The number of amides is 3. The highest BCUT2D eigenvalue weighted by molar-refractivity contribution is 5.95. The van der Waals surface area contributed by atoms with Crippen LogP contribution in [0, 0.1) is 0 Å². The summed E-state index contributed by atoms with van der Waals surface area (Å²) in [6, 6.07) is 8.97. The fourth-order valence-corrected chi connectivity index (χ4v) is 2.80. The number of benzene rings is 1. The molecule has 2 fully saturated rings. The lowest BCUT2D eigenvalue weighted by molar-refractivity contribution is -0.121. The van der Waals surface area contributed by atoms with Gasteiger partial charge in [0.15, 0.2) is 0 Å². The van der Waals surface area contributed by atoms with Gasteiger partial charge in [-0.2, -0.15) is 0 Å². The zero-order chi connectivity index (χ0) is 17.1. The van der Waals surface area contributed by atoms with E-state index in [0.29, 0.717) is 12.0 Å². The summed E-state index contributed by atoms with van der Waals surface area (Å²) in [6.07, 6.45) is 4.29. The van der Waals surface area contributed by atoms with Crippen molar-refractivity contribution in [2.45, 2.75) is 64.1 Å². The Morgan fingerprint density at radius 3 is 2.33 bits per heavy atom. The van der Waals surface area contributed by atoms with Gasteiger partial charge >= 0.3 is 6.03 Å². The van der Waals surface area contributed by atoms with Crippen LogP contribution in [0.1, 0.15) is 56.6 Å². The molecule has 0 bridgehead atoms. The van der Waals surface area contributed by atoms with Crippen LogP contribution in [0.4, 0.5) is 4.79 Å². The van der Waals surface area contributed by atoms with Gasteiger partial charge in [0, 0.05) is 18.6 Å². The highest BCUT2D eigenvalue weighted by atomic mass is 16.2. The molecule has 0 aromatic heterocycles. The second-order valence-electron chi connectivity index (χ2n) is 7.33. The molecule has 2 saturated carbocycles. The Labute approximate surface area is 143 Å². The lowest BCUT2D eigenvalue weighted by Crippen LogP contribution is -2.45. The van der Waals surface area contributed by atoms with Crippen molar-refractivity contribution in [3.8, 4) is 0 Å². The van der Waals surface area contributed by atoms with E-state index in [2.05, 4.69) is 53.6 Å². The maximum absolute atomic E-state index is 12.1. The Bertz CT molecular complexity index is 589. The lowest BCUT2D eigenvalue weighted by Gasteiger charge is -2.21. The molecule has 2 N–H and O–H groups in total. The first-order chi connectivity index (χ1) is 11.5. The highest BCUT2D eigenvalue weighted by Crippen LogP contribution is 2.28. The third-order valence-electron chi connectivity index (χ3n) is 4.61. The molecular formula is C19H27N3O2. The Balaban J connectivity index is 1.52. The van der Waals surface area contributed by atoms with Gasteiger partial charge in [-0.15, -0.1) is 0 Å². The Kier molecular flexibility index (Phi) is 5.19. The smallest absolute Gasteiger partial charge is 0.321 e. The van der Waals surface area contributed by atoms with Gasteiger partial charge in [0.1, 0.15) is 0 Å². The van der Waals surface area contributed by atoms with Gasteiger partial charge in [-0.05, 0) is 42.7 Å². The zero-order valence-electron chi connectivity index (χ0n) is 14.5. The molecule has 0 unspecified atom stereocenters. The average molecular weight is 329 g/mol. The van der Waals surface area contributed by atoms with Crippen LogP contribution in [-0.4, -0.2) is 35.5 Å². The van der Waals surface area contributed by atoms with Crippen LogP contribution in [0.3, 0.4) is 0 Å². The molecule has 0 aliphatic heterocycles. The van der Waals surface area contributed by atoms with E-state index >= 15 is 0 Å². The number of nitrogens with zero attached hydrogens (tertiary/aromatic N) is 1. The largest absolute Gasteiger partial charge is 0.335 e. The first kappa shape index (κ1) is 17.0. The third kappa shape index (κ3) is 5.06. The summed E-state index contributed by atoms with van der Waals surface area (Å²) in [6.45, 7) is 5.39. The molecule has 0 radical (unpaired) electrons. The van der Waals surface area contributed by atoms with Crippen molar-refractivity contribution in [2.24, 2.45) is 0 Å². The van der Waals surface area contributed by atoms with Crippen LogP contribution >= 0.6 is 0 Å². The van der Waals surface area contributed by atoms with Gasteiger partial charge in [-0.3, -0.25) is 15.0 Å². The van der Waals surface area contributed by atoms with Gasteiger partial charge in [0.25, 0.3) is 0 Å². The maximum Gasteiger partial charge on any atom is 0.321 e. The van der Waals surface area contributed by atoms with Crippen molar-refractivity contribution in [1.82, 2.24) is 15.5 Å². The molecule has 0 spiro atoms. The number of carbonyl (C=O) groups is 2. The number of imide groups is 1. The summed E-state index contributed by atoms with van der Waals surface area (Å²) in [5.74, 6) is 0.299. The fraction of sp³-hybridized carbons (Fsp3) is 0.579. The van der Waals surface area contributed by atoms with Crippen molar-refractivity contribution in [3.63, 3.8) is 0 Å². The van der Waals surface area contributed by atoms with Crippen LogP contribution in [0.5, 0.6) is 0 Å².